The summed E-state index contributed by atoms with van der Waals surface area (Å²) in [6.07, 6.45) is 7.19. The lowest BCUT2D eigenvalue weighted by molar-refractivity contribution is 0.0697. The van der Waals surface area contributed by atoms with Crippen molar-refractivity contribution in [3.05, 3.63) is 71.1 Å². The zero-order valence-corrected chi connectivity index (χ0v) is 29.6. The van der Waals surface area contributed by atoms with Crippen LogP contribution in [-0.4, -0.2) is 64.5 Å². The molecule has 2 N–H and O–H groups in total. The lowest BCUT2D eigenvalue weighted by Gasteiger charge is -2.19. The molecule has 1 amide bonds. The molecular formula is C37H48FN3O6P+. The Balaban J connectivity index is 1.43. The largest absolute Gasteiger partial charge is 0.478 e. The van der Waals surface area contributed by atoms with Crippen LogP contribution < -0.4 is 20.1 Å². The number of carboxylic acid groups (broad SMARTS) is 1. The van der Waals surface area contributed by atoms with Crippen LogP contribution in [0.15, 0.2) is 59.0 Å². The third kappa shape index (κ3) is 9.54. The Bertz CT molecular complexity index is 1830. The molecule has 2 aromatic rings. The maximum absolute atomic E-state index is 13.6. The smallest absolute Gasteiger partial charge is 0.367 e. The summed E-state index contributed by atoms with van der Waals surface area (Å²) in [7, 11) is 3.88. The minimum atomic E-state index is -3.92. The number of rotatable bonds is 17. The van der Waals surface area contributed by atoms with Crippen molar-refractivity contribution in [2.45, 2.75) is 58.3 Å². The average molecular weight is 681 g/mol. The number of anilines is 1. The fourth-order valence-corrected chi connectivity index (χ4v) is 6.96. The van der Waals surface area contributed by atoms with Crippen molar-refractivity contribution in [3.8, 4) is 22.5 Å². The highest BCUT2D eigenvalue weighted by atomic mass is 31.2. The first-order chi connectivity index (χ1) is 22.9. The Kier molecular flexibility index (Phi) is 13.0. The Hall–Kier alpha value is -4.01. The van der Waals surface area contributed by atoms with E-state index < -0.39 is 13.6 Å². The van der Waals surface area contributed by atoms with Crippen molar-refractivity contribution < 1.29 is 32.4 Å². The second-order valence-electron chi connectivity index (χ2n) is 12.5. The average Bonchev–Trinajstić information content (AvgIpc) is 3.05. The van der Waals surface area contributed by atoms with Gasteiger partial charge in [-0.15, -0.1) is 0 Å². The SMILES string of the molecule is CCOP(=O)(F)CCCCCCCCCCNC(=O)c1ccc(-c2c3ccc(=[N+](C)C)cc-3oc3cc(N(C)C)ccc23)c(C(=O)O)c1. The number of fused-ring (bicyclic) bond motifs is 2. The molecule has 1 aliphatic heterocycles. The molecule has 0 bridgehead atoms. The second-order valence-corrected chi connectivity index (χ2v) is 14.4. The number of halogens is 1. The zero-order chi connectivity index (χ0) is 34.8. The molecule has 2 aromatic carbocycles. The number of hydrogen-bond donors (Lipinski definition) is 2. The van der Waals surface area contributed by atoms with Crippen LogP contribution >= 0.6 is 7.68 Å². The number of nitrogens with one attached hydrogen (secondary N) is 1. The maximum atomic E-state index is 13.6. The summed E-state index contributed by atoms with van der Waals surface area (Å²) in [6, 6.07) is 16.6. The third-order valence-electron chi connectivity index (χ3n) is 8.46. The zero-order valence-electron chi connectivity index (χ0n) is 28.7. The Morgan fingerprint density at radius 1 is 0.917 bits per heavy atom. The number of unbranched alkanes of at least 4 members (excludes halogenated alkanes) is 7. The number of carbonyl (C=O) groups is 2. The highest BCUT2D eigenvalue weighted by Gasteiger charge is 2.24. The van der Waals surface area contributed by atoms with Crippen LogP contribution in [0.5, 0.6) is 0 Å². The van der Waals surface area contributed by atoms with E-state index in [1.165, 1.54) is 6.07 Å². The summed E-state index contributed by atoms with van der Waals surface area (Å²) in [5.41, 5.74) is 3.93. The minimum absolute atomic E-state index is 0.0108. The van der Waals surface area contributed by atoms with Gasteiger partial charge in [0.1, 0.15) is 25.4 Å². The van der Waals surface area contributed by atoms with Gasteiger partial charge in [-0.05, 0) is 55.7 Å². The monoisotopic (exact) mass is 680 g/mol. The van der Waals surface area contributed by atoms with Crippen LogP contribution in [0.2, 0.25) is 0 Å². The van der Waals surface area contributed by atoms with E-state index in [9.17, 15) is 23.5 Å². The first kappa shape index (κ1) is 36.8. The fraction of sp³-hybridized carbons (Fsp3) is 0.432. The van der Waals surface area contributed by atoms with E-state index in [4.69, 9.17) is 4.42 Å². The van der Waals surface area contributed by atoms with E-state index in [1.807, 2.05) is 74.1 Å². The molecule has 1 heterocycles. The van der Waals surface area contributed by atoms with Gasteiger partial charge in [0.25, 0.3) is 5.91 Å². The highest BCUT2D eigenvalue weighted by Crippen LogP contribution is 2.49. The molecule has 1 unspecified atom stereocenters. The van der Waals surface area contributed by atoms with Gasteiger partial charge in [0.15, 0.2) is 0 Å². The van der Waals surface area contributed by atoms with Gasteiger partial charge < -0.3 is 24.3 Å². The van der Waals surface area contributed by atoms with Crippen molar-refractivity contribution >= 4 is 36.2 Å². The van der Waals surface area contributed by atoms with Gasteiger partial charge in [0, 0.05) is 60.5 Å². The van der Waals surface area contributed by atoms with Gasteiger partial charge in [-0.2, -0.15) is 4.20 Å². The number of carbonyl (C=O) groups excluding carboxylic acids is 1. The standard InChI is InChI=1S/C37H47FN3O6P/c1-6-46-48(38,45)22-14-12-10-8-7-9-11-13-21-39-36(42)26-15-18-29(32(23-26)37(43)44)35-30-19-16-27(40(2)3)24-33(30)47-34-25-28(41(4)5)17-20-31(34)35/h15-20,23-25H,6-14,21-22H2,1-5H3,(H-,39,42,43,44)/p+1. The molecule has 0 aromatic heterocycles. The van der Waals surface area contributed by atoms with Gasteiger partial charge in [-0.25, -0.2) is 9.37 Å². The van der Waals surface area contributed by atoms with Crippen molar-refractivity contribution in [1.82, 2.24) is 9.89 Å². The molecule has 1 aliphatic carbocycles. The van der Waals surface area contributed by atoms with Gasteiger partial charge >= 0.3 is 13.6 Å². The van der Waals surface area contributed by atoms with Gasteiger partial charge in [0.2, 0.25) is 5.36 Å². The van der Waals surface area contributed by atoms with Crippen LogP contribution in [0.3, 0.4) is 0 Å². The molecule has 1 atom stereocenters. The summed E-state index contributed by atoms with van der Waals surface area (Å²) in [4.78, 5) is 27.7. The minimum Gasteiger partial charge on any atom is -0.478 e. The summed E-state index contributed by atoms with van der Waals surface area (Å²) < 4.78 is 38.1. The van der Waals surface area contributed by atoms with E-state index in [-0.39, 0.29) is 29.8 Å². The van der Waals surface area contributed by atoms with Crippen molar-refractivity contribution in [3.63, 3.8) is 0 Å². The lowest BCUT2D eigenvalue weighted by Crippen LogP contribution is -2.24. The number of carboxylic acids is 1. The van der Waals surface area contributed by atoms with Crippen LogP contribution in [0, 0.1) is 0 Å². The Morgan fingerprint density at radius 3 is 2.23 bits per heavy atom. The van der Waals surface area contributed by atoms with Crippen molar-refractivity contribution in [2.24, 2.45) is 0 Å². The molecule has 0 fully saturated rings. The predicted molar refractivity (Wildman–Crippen MR) is 191 cm³/mol. The number of hydrogen-bond acceptors (Lipinski definition) is 6. The maximum Gasteiger partial charge on any atom is 0.367 e. The summed E-state index contributed by atoms with van der Waals surface area (Å²) >= 11 is 0. The lowest BCUT2D eigenvalue weighted by atomic mass is 9.89. The molecule has 0 radical (unpaired) electrons. The third-order valence-corrected chi connectivity index (χ3v) is 9.96. The normalized spacial score (nSPS) is 12.6. The fourth-order valence-electron chi connectivity index (χ4n) is 5.84. The molecule has 4 rings (SSSR count). The Morgan fingerprint density at radius 2 is 1.58 bits per heavy atom. The molecule has 0 saturated heterocycles. The highest BCUT2D eigenvalue weighted by molar-refractivity contribution is 7.53. The second kappa shape index (κ2) is 16.9. The number of benzene rings is 3. The van der Waals surface area contributed by atoms with E-state index in [0.717, 1.165) is 72.5 Å². The first-order valence-electron chi connectivity index (χ1n) is 16.7. The van der Waals surface area contributed by atoms with Crippen molar-refractivity contribution in [1.29, 1.82) is 0 Å². The first-order valence-corrected chi connectivity index (χ1v) is 18.4. The molecule has 9 nitrogen and oxygen atoms in total. The summed E-state index contributed by atoms with van der Waals surface area (Å²) in [5, 5.41) is 15.0. The topological polar surface area (TPSA) is 112 Å². The van der Waals surface area contributed by atoms with Crippen LogP contribution in [-0.2, 0) is 9.09 Å². The summed E-state index contributed by atoms with van der Waals surface area (Å²) in [5.74, 6) is -0.807. The van der Waals surface area contributed by atoms with Crippen LogP contribution in [0.4, 0.5) is 9.88 Å². The molecule has 0 spiro atoms. The molecule has 48 heavy (non-hydrogen) atoms. The van der Waals surface area contributed by atoms with E-state index in [1.54, 1.807) is 19.1 Å². The predicted octanol–water partition coefficient (Wildman–Crippen LogP) is 8.05. The van der Waals surface area contributed by atoms with Gasteiger partial charge in [-0.1, -0.05) is 44.6 Å². The molecule has 0 saturated carbocycles. The van der Waals surface area contributed by atoms with Crippen molar-refractivity contribution in [2.75, 3.05) is 52.4 Å². The van der Waals surface area contributed by atoms with E-state index in [0.29, 0.717) is 29.9 Å². The summed E-state index contributed by atoms with van der Waals surface area (Å²) in [6.45, 7) is 2.25. The number of nitrogens with zero attached hydrogens (tertiary/aromatic N) is 2. The van der Waals surface area contributed by atoms with E-state index in [2.05, 4.69) is 9.84 Å². The molecule has 11 heteroatoms. The quantitative estimate of drug-likeness (QED) is 0.0502. The number of aromatic carboxylic acids is 1. The van der Waals surface area contributed by atoms with Gasteiger partial charge in [0.05, 0.1) is 24.4 Å². The Labute approximate surface area is 282 Å². The molecular weight excluding hydrogens is 632 g/mol. The van der Waals surface area contributed by atoms with Gasteiger partial charge in [-0.3, -0.25) is 9.36 Å². The number of amides is 1. The molecule has 258 valence electrons. The molecule has 2 aliphatic rings. The van der Waals surface area contributed by atoms with Crippen LogP contribution in [0.1, 0.15) is 79.0 Å². The van der Waals surface area contributed by atoms with E-state index >= 15 is 0 Å². The van der Waals surface area contributed by atoms with Crippen LogP contribution in [0.25, 0.3) is 33.4 Å².